The van der Waals surface area contributed by atoms with E-state index in [9.17, 15) is 9.59 Å². The van der Waals surface area contributed by atoms with Crippen LogP contribution in [0.3, 0.4) is 0 Å². The number of hydrogen-bond acceptors (Lipinski definition) is 3. The van der Waals surface area contributed by atoms with Crippen molar-refractivity contribution in [3.63, 3.8) is 0 Å². The van der Waals surface area contributed by atoms with Crippen LogP contribution in [0.1, 0.15) is 37.5 Å². The SMILES string of the molecule is Cc1cccc(NC(=O)c2ccnc(C(=O)Nc3cccc(C)c3C)c2)c1. The number of carbonyl (C=O) groups is 2. The smallest absolute Gasteiger partial charge is 0.274 e. The van der Waals surface area contributed by atoms with Crippen molar-refractivity contribution in [1.29, 1.82) is 0 Å². The molecule has 3 rings (SSSR count). The number of nitrogens with zero attached hydrogens (tertiary/aromatic N) is 1. The molecule has 0 radical (unpaired) electrons. The molecule has 0 aliphatic carbocycles. The lowest BCUT2D eigenvalue weighted by Gasteiger charge is -2.11. The minimum atomic E-state index is -0.353. The normalized spacial score (nSPS) is 10.3. The number of nitrogens with one attached hydrogen (secondary N) is 2. The van der Waals surface area contributed by atoms with Crippen molar-refractivity contribution < 1.29 is 9.59 Å². The van der Waals surface area contributed by atoms with Crippen LogP contribution in [-0.4, -0.2) is 16.8 Å². The van der Waals surface area contributed by atoms with Gasteiger partial charge in [-0.3, -0.25) is 14.6 Å². The van der Waals surface area contributed by atoms with Gasteiger partial charge < -0.3 is 10.6 Å². The molecular formula is C22H21N3O2. The Labute approximate surface area is 158 Å². The zero-order valence-electron chi connectivity index (χ0n) is 15.5. The van der Waals surface area contributed by atoms with Crippen LogP contribution in [0.25, 0.3) is 0 Å². The van der Waals surface area contributed by atoms with E-state index in [1.807, 2.05) is 63.2 Å². The molecule has 136 valence electrons. The van der Waals surface area contributed by atoms with E-state index in [-0.39, 0.29) is 17.5 Å². The Morgan fingerprint density at radius 2 is 1.63 bits per heavy atom. The summed E-state index contributed by atoms with van der Waals surface area (Å²) in [5, 5.41) is 5.69. The average molecular weight is 359 g/mol. The van der Waals surface area contributed by atoms with Crippen LogP contribution in [0.15, 0.2) is 60.8 Å². The molecule has 2 amide bonds. The lowest BCUT2D eigenvalue weighted by atomic mass is 10.1. The van der Waals surface area contributed by atoms with Crippen molar-refractivity contribution in [2.75, 3.05) is 10.6 Å². The van der Waals surface area contributed by atoms with Gasteiger partial charge >= 0.3 is 0 Å². The van der Waals surface area contributed by atoms with Crippen LogP contribution in [0, 0.1) is 20.8 Å². The maximum Gasteiger partial charge on any atom is 0.274 e. The minimum absolute atomic E-state index is 0.188. The number of carbonyl (C=O) groups excluding carboxylic acids is 2. The third-order valence-corrected chi connectivity index (χ3v) is 4.38. The zero-order valence-corrected chi connectivity index (χ0v) is 15.5. The maximum atomic E-state index is 12.6. The van der Waals surface area contributed by atoms with Crippen LogP contribution in [0.4, 0.5) is 11.4 Å². The first kappa shape index (κ1) is 18.3. The molecule has 0 spiro atoms. The fraction of sp³-hybridized carbons (Fsp3) is 0.136. The molecule has 0 aliphatic rings. The summed E-state index contributed by atoms with van der Waals surface area (Å²) >= 11 is 0. The van der Waals surface area contributed by atoms with Crippen LogP contribution in [-0.2, 0) is 0 Å². The number of benzene rings is 2. The topological polar surface area (TPSA) is 71.1 Å². The van der Waals surface area contributed by atoms with Crippen LogP contribution in [0.5, 0.6) is 0 Å². The second kappa shape index (κ2) is 7.83. The van der Waals surface area contributed by atoms with E-state index in [2.05, 4.69) is 15.6 Å². The van der Waals surface area contributed by atoms with Crippen molar-refractivity contribution in [1.82, 2.24) is 4.98 Å². The summed E-state index contributed by atoms with van der Waals surface area (Å²) in [6.07, 6.45) is 1.46. The van der Waals surface area contributed by atoms with Crippen LogP contribution in [0.2, 0.25) is 0 Å². The number of aryl methyl sites for hydroxylation is 2. The van der Waals surface area contributed by atoms with Gasteiger partial charge in [-0.2, -0.15) is 0 Å². The molecule has 0 saturated carbocycles. The third kappa shape index (κ3) is 4.39. The number of aromatic nitrogens is 1. The Hall–Kier alpha value is -3.47. The van der Waals surface area contributed by atoms with E-state index in [0.717, 1.165) is 22.4 Å². The molecule has 1 heterocycles. The Kier molecular flexibility index (Phi) is 5.31. The monoisotopic (exact) mass is 359 g/mol. The Morgan fingerprint density at radius 3 is 2.41 bits per heavy atom. The maximum absolute atomic E-state index is 12.6. The predicted octanol–water partition coefficient (Wildman–Crippen LogP) is 4.51. The van der Waals surface area contributed by atoms with Gasteiger partial charge in [0.05, 0.1) is 0 Å². The molecule has 0 saturated heterocycles. The van der Waals surface area contributed by atoms with E-state index in [4.69, 9.17) is 0 Å². The summed E-state index contributed by atoms with van der Waals surface area (Å²) in [6.45, 7) is 5.89. The molecule has 0 aliphatic heterocycles. The summed E-state index contributed by atoms with van der Waals surface area (Å²) in [4.78, 5) is 29.1. The van der Waals surface area contributed by atoms with Gasteiger partial charge in [-0.05, 0) is 67.8 Å². The van der Waals surface area contributed by atoms with Gasteiger partial charge in [-0.1, -0.05) is 24.3 Å². The Morgan fingerprint density at radius 1 is 0.852 bits per heavy atom. The van der Waals surface area contributed by atoms with Crippen molar-refractivity contribution in [3.05, 3.63) is 88.7 Å². The van der Waals surface area contributed by atoms with Crippen LogP contribution >= 0.6 is 0 Å². The summed E-state index contributed by atoms with van der Waals surface area (Å²) in [5.41, 5.74) is 5.14. The second-order valence-electron chi connectivity index (χ2n) is 6.45. The predicted molar refractivity (Wildman–Crippen MR) is 107 cm³/mol. The molecule has 1 aromatic heterocycles. The zero-order chi connectivity index (χ0) is 19.4. The molecule has 0 bridgehead atoms. The van der Waals surface area contributed by atoms with Crippen molar-refractivity contribution in [3.8, 4) is 0 Å². The van der Waals surface area contributed by atoms with E-state index in [1.54, 1.807) is 6.07 Å². The van der Waals surface area contributed by atoms with E-state index in [0.29, 0.717) is 11.3 Å². The fourth-order valence-corrected chi connectivity index (χ4v) is 2.69. The van der Waals surface area contributed by atoms with Crippen molar-refractivity contribution in [2.24, 2.45) is 0 Å². The highest BCUT2D eigenvalue weighted by Gasteiger charge is 2.13. The summed E-state index contributed by atoms with van der Waals surface area (Å²) in [7, 11) is 0. The molecular weight excluding hydrogens is 338 g/mol. The molecule has 5 heteroatoms. The highest BCUT2D eigenvalue weighted by Crippen LogP contribution is 2.19. The Balaban J connectivity index is 1.77. The molecule has 0 unspecified atom stereocenters. The van der Waals surface area contributed by atoms with Gasteiger partial charge in [-0.25, -0.2) is 0 Å². The fourth-order valence-electron chi connectivity index (χ4n) is 2.69. The van der Waals surface area contributed by atoms with Gasteiger partial charge in [0, 0.05) is 23.1 Å². The summed E-state index contributed by atoms with van der Waals surface area (Å²) < 4.78 is 0. The van der Waals surface area contributed by atoms with Crippen molar-refractivity contribution in [2.45, 2.75) is 20.8 Å². The van der Waals surface area contributed by atoms with Crippen LogP contribution < -0.4 is 10.6 Å². The summed E-state index contributed by atoms with van der Waals surface area (Å²) in [5.74, 6) is -0.641. The molecule has 27 heavy (non-hydrogen) atoms. The summed E-state index contributed by atoms with van der Waals surface area (Å²) in [6, 6.07) is 16.3. The molecule has 0 atom stereocenters. The van der Waals surface area contributed by atoms with Gasteiger partial charge in [0.15, 0.2) is 0 Å². The van der Waals surface area contributed by atoms with Crippen molar-refractivity contribution >= 4 is 23.2 Å². The van der Waals surface area contributed by atoms with Gasteiger partial charge in [0.2, 0.25) is 0 Å². The molecule has 2 N–H and O–H groups in total. The average Bonchev–Trinajstić information content (AvgIpc) is 2.65. The molecule has 3 aromatic rings. The highest BCUT2D eigenvalue weighted by atomic mass is 16.2. The minimum Gasteiger partial charge on any atom is -0.322 e. The van der Waals surface area contributed by atoms with E-state index >= 15 is 0 Å². The molecule has 2 aromatic carbocycles. The van der Waals surface area contributed by atoms with Gasteiger partial charge in [0.1, 0.15) is 5.69 Å². The Bertz CT molecular complexity index is 1010. The number of amides is 2. The van der Waals surface area contributed by atoms with E-state index in [1.165, 1.54) is 12.3 Å². The first-order valence-electron chi connectivity index (χ1n) is 8.65. The van der Waals surface area contributed by atoms with E-state index < -0.39 is 0 Å². The quantitative estimate of drug-likeness (QED) is 0.720. The molecule has 5 nitrogen and oxygen atoms in total. The first-order chi connectivity index (χ1) is 12.9. The first-order valence-corrected chi connectivity index (χ1v) is 8.65. The number of anilines is 2. The molecule has 0 fully saturated rings. The lowest BCUT2D eigenvalue weighted by Crippen LogP contribution is -2.17. The number of hydrogen-bond donors (Lipinski definition) is 2. The highest BCUT2D eigenvalue weighted by molar-refractivity contribution is 6.08. The van der Waals surface area contributed by atoms with Gasteiger partial charge in [0.25, 0.3) is 11.8 Å². The standard InChI is InChI=1S/C22H21N3O2/c1-14-6-4-8-18(12-14)24-21(26)17-10-11-23-20(13-17)22(27)25-19-9-5-7-15(2)16(19)3/h4-13H,1-3H3,(H,24,26)(H,25,27). The number of pyridine rings is 1. The largest absolute Gasteiger partial charge is 0.322 e. The van der Waals surface area contributed by atoms with Gasteiger partial charge in [-0.15, -0.1) is 0 Å². The third-order valence-electron chi connectivity index (χ3n) is 4.38. The second-order valence-corrected chi connectivity index (χ2v) is 6.45. The lowest BCUT2D eigenvalue weighted by molar-refractivity contribution is 0.102. The number of rotatable bonds is 4.